The summed E-state index contributed by atoms with van der Waals surface area (Å²) < 4.78 is 23.1. The van der Waals surface area contributed by atoms with Gasteiger partial charge in [-0.1, -0.05) is 36.4 Å². The number of aromatic nitrogens is 3. The quantitative estimate of drug-likeness (QED) is 0.109. The SMILES string of the molecule is N#CCN(CC#N)C(=O)NCCn1c(=O)n(CCNC(=O)OCCOc2ccccc2)c(=O)n(CCNC(=O)OCCOc2ccccc2)c1=O. The number of urea groups is 1. The van der Waals surface area contributed by atoms with Crippen LogP contribution in [0.25, 0.3) is 0 Å². The van der Waals surface area contributed by atoms with Crippen LogP contribution in [-0.4, -0.2) is 96.0 Å². The Morgan fingerprint density at radius 3 is 1.33 bits per heavy atom. The van der Waals surface area contributed by atoms with Gasteiger partial charge in [0.05, 0.1) is 12.1 Å². The fourth-order valence-corrected chi connectivity index (χ4v) is 4.28. The molecule has 0 atom stereocenters. The minimum atomic E-state index is -1.03. The molecule has 3 N–H and O–H groups in total. The lowest BCUT2D eigenvalue weighted by atomic mass is 10.3. The molecule has 0 bridgehead atoms. The average Bonchev–Trinajstić information content (AvgIpc) is 3.13. The van der Waals surface area contributed by atoms with Crippen LogP contribution in [0, 0.1) is 22.7 Å². The van der Waals surface area contributed by atoms with Crippen molar-refractivity contribution in [2.75, 3.05) is 59.2 Å². The van der Waals surface area contributed by atoms with Crippen molar-refractivity contribution in [2.24, 2.45) is 0 Å². The Morgan fingerprint density at radius 1 is 0.588 bits per heavy atom. The molecule has 0 saturated heterocycles. The van der Waals surface area contributed by atoms with Crippen LogP contribution in [0.5, 0.6) is 11.5 Å². The van der Waals surface area contributed by atoms with Crippen LogP contribution in [0.4, 0.5) is 14.4 Å². The standard InChI is InChI=1S/C32H37N9O10/c33-11-16-38(17-12-34)27(42)35-13-18-39-30(45)40(19-14-36-28(43)50-23-21-48-25-7-3-1-4-8-25)32(47)41(31(39)46)20-15-37-29(44)51-24-22-49-26-9-5-2-6-10-26/h1-10H,13-24H2,(H,35,42)(H,36,43)(H,37,44). The molecule has 0 aliphatic heterocycles. The third-order valence-corrected chi connectivity index (χ3v) is 6.67. The second kappa shape index (κ2) is 21.3. The van der Waals surface area contributed by atoms with Gasteiger partial charge in [-0.3, -0.25) is 4.90 Å². The van der Waals surface area contributed by atoms with E-state index in [0.29, 0.717) is 25.2 Å². The van der Waals surface area contributed by atoms with E-state index in [0.717, 1.165) is 4.90 Å². The zero-order valence-electron chi connectivity index (χ0n) is 27.5. The molecule has 1 heterocycles. The second-order valence-corrected chi connectivity index (χ2v) is 10.2. The molecule has 1 aromatic heterocycles. The number of rotatable bonds is 19. The number of nitrogens with one attached hydrogen (secondary N) is 3. The first-order chi connectivity index (χ1) is 24.7. The third kappa shape index (κ3) is 13.0. The molecule has 3 rings (SSSR count). The Morgan fingerprint density at radius 2 is 0.961 bits per heavy atom. The summed E-state index contributed by atoms with van der Waals surface area (Å²) in [6.07, 6.45) is -1.68. The fourth-order valence-electron chi connectivity index (χ4n) is 4.28. The molecular formula is C32H37N9O10. The summed E-state index contributed by atoms with van der Waals surface area (Å²) >= 11 is 0. The molecule has 19 nitrogen and oxygen atoms in total. The Labute approximate surface area is 291 Å². The Balaban J connectivity index is 1.62. The first kappa shape index (κ1) is 38.7. The highest BCUT2D eigenvalue weighted by Gasteiger charge is 2.18. The maximum atomic E-state index is 13.3. The summed E-state index contributed by atoms with van der Waals surface area (Å²) in [5, 5.41) is 25.0. The van der Waals surface area contributed by atoms with Gasteiger partial charge in [0.2, 0.25) is 0 Å². The Hall–Kier alpha value is -6.76. The van der Waals surface area contributed by atoms with Crippen molar-refractivity contribution in [3.8, 4) is 23.6 Å². The van der Waals surface area contributed by atoms with Gasteiger partial charge in [-0.15, -0.1) is 0 Å². The van der Waals surface area contributed by atoms with Gasteiger partial charge in [0.1, 0.15) is 51.0 Å². The summed E-state index contributed by atoms with van der Waals surface area (Å²) in [5.74, 6) is 1.18. The fraction of sp³-hybridized carbons (Fsp3) is 0.375. The van der Waals surface area contributed by atoms with Crippen molar-refractivity contribution >= 4 is 18.2 Å². The van der Waals surface area contributed by atoms with E-state index in [9.17, 15) is 28.8 Å². The van der Waals surface area contributed by atoms with Crippen LogP contribution >= 0.6 is 0 Å². The van der Waals surface area contributed by atoms with Crippen molar-refractivity contribution in [2.45, 2.75) is 19.6 Å². The van der Waals surface area contributed by atoms with Gasteiger partial charge in [-0.05, 0) is 24.3 Å². The number of hydrogen-bond acceptors (Lipinski definition) is 12. The Kier molecular flexibility index (Phi) is 16.1. The summed E-state index contributed by atoms with van der Waals surface area (Å²) in [6.45, 7) is -2.65. The van der Waals surface area contributed by atoms with Gasteiger partial charge in [-0.25, -0.2) is 42.5 Å². The summed E-state index contributed by atoms with van der Waals surface area (Å²) in [7, 11) is 0. The minimum Gasteiger partial charge on any atom is -0.490 e. The highest BCUT2D eigenvalue weighted by atomic mass is 16.6. The molecule has 0 fully saturated rings. The van der Waals surface area contributed by atoms with Gasteiger partial charge in [-0.2, -0.15) is 10.5 Å². The molecule has 0 spiro atoms. The molecular weight excluding hydrogens is 670 g/mol. The van der Waals surface area contributed by atoms with Crippen LogP contribution in [0.3, 0.4) is 0 Å². The number of hydrogen-bond donors (Lipinski definition) is 3. The highest BCUT2D eigenvalue weighted by Crippen LogP contribution is 2.08. The monoisotopic (exact) mass is 707 g/mol. The van der Waals surface area contributed by atoms with Crippen LogP contribution < -0.4 is 42.5 Å². The normalized spacial score (nSPS) is 10.2. The molecule has 0 aliphatic rings. The van der Waals surface area contributed by atoms with Gasteiger partial charge in [0.25, 0.3) is 0 Å². The van der Waals surface area contributed by atoms with Crippen molar-refractivity contribution in [3.63, 3.8) is 0 Å². The predicted octanol–water partition coefficient (Wildman–Crippen LogP) is -0.159. The number of para-hydroxylation sites is 2. The van der Waals surface area contributed by atoms with E-state index in [1.165, 1.54) is 0 Å². The Bertz CT molecular complexity index is 1730. The number of carbonyl (C=O) groups is 3. The number of alkyl carbamates (subject to hydrolysis) is 2. The molecule has 0 radical (unpaired) electrons. The molecule has 0 saturated carbocycles. The predicted molar refractivity (Wildman–Crippen MR) is 178 cm³/mol. The highest BCUT2D eigenvalue weighted by molar-refractivity contribution is 5.74. The van der Waals surface area contributed by atoms with Gasteiger partial charge < -0.3 is 34.9 Å². The maximum absolute atomic E-state index is 13.3. The van der Waals surface area contributed by atoms with Crippen LogP contribution in [0.2, 0.25) is 0 Å². The largest absolute Gasteiger partial charge is 0.490 e. The van der Waals surface area contributed by atoms with E-state index in [4.69, 9.17) is 29.5 Å². The molecule has 270 valence electrons. The number of nitrogens with zero attached hydrogens (tertiary/aromatic N) is 6. The van der Waals surface area contributed by atoms with E-state index < -0.39 is 41.8 Å². The van der Waals surface area contributed by atoms with E-state index in [1.807, 2.05) is 12.1 Å². The topological polar surface area (TPSA) is 241 Å². The number of benzene rings is 2. The molecule has 2 aromatic carbocycles. The molecule has 4 amide bonds. The molecule has 51 heavy (non-hydrogen) atoms. The number of ether oxygens (including phenoxy) is 4. The van der Waals surface area contributed by atoms with Crippen molar-refractivity contribution in [1.29, 1.82) is 10.5 Å². The minimum absolute atomic E-state index is 0.0803. The lowest BCUT2D eigenvalue weighted by molar-refractivity contribution is 0.124. The molecule has 3 aromatic rings. The summed E-state index contributed by atoms with van der Waals surface area (Å²) in [6, 6.07) is 20.5. The third-order valence-electron chi connectivity index (χ3n) is 6.67. The van der Waals surface area contributed by atoms with E-state index in [-0.39, 0.29) is 72.2 Å². The molecule has 19 heteroatoms. The number of amides is 4. The van der Waals surface area contributed by atoms with Gasteiger partial charge in [0, 0.05) is 39.3 Å². The van der Waals surface area contributed by atoms with Gasteiger partial charge in [0.15, 0.2) is 0 Å². The van der Waals surface area contributed by atoms with E-state index >= 15 is 0 Å². The second-order valence-electron chi connectivity index (χ2n) is 10.2. The zero-order valence-corrected chi connectivity index (χ0v) is 27.5. The smallest absolute Gasteiger partial charge is 0.407 e. The molecule has 0 aliphatic carbocycles. The van der Waals surface area contributed by atoms with Crippen LogP contribution in [0.1, 0.15) is 0 Å². The van der Waals surface area contributed by atoms with Crippen molar-refractivity contribution in [3.05, 3.63) is 92.1 Å². The van der Waals surface area contributed by atoms with Gasteiger partial charge >= 0.3 is 35.3 Å². The molecule has 0 unspecified atom stereocenters. The lowest BCUT2D eigenvalue weighted by Gasteiger charge is -2.18. The zero-order chi connectivity index (χ0) is 36.8. The number of carbonyl (C=O) groups excluding carboxylic acids is 3. The van der Waals surface area contributed by atoms with E-state index in [1.54, 1.807) is 60.7 Å². The summed E-state index contributed by atoms with van der Waals surface area (Å²) in [5.41, 5.74) is -3.07. The van der Waals surface area contributed by atoms with Crippen LogP contribution in [0.15, 0.2) is 75.0 Å². The van der Waals surface area contributed by atoms with E-state index in [2.05, 4.69) is 16.0 Å². The average molecular weight is 708 g/mol. The summed E-state index contributed by atoms with van der Waals surface area (Å²) in [4.78, 5) is 77.5. The first-order valence-corrected chi connectivity index (χ1v) is 15.6. The maximum Gasteiger partial charge on any atom is 0.407 e. The lowest BCUT2D eigenvalue weighted by Crippen LogP contribution is -2.56. The first-order valence-electron chi connectivity index (χ1n) is 15.6. The van der Waals surface area contributed by atoms with Crippen molar-refractivity contribution < 1.29 is 33.3 Å². The number of nitriles is 2. The van der Waals surface area contributed by atoms with Crippen LogP contribution in [-0.2, 0) is 29.1 Å². The van der Waals surface area contributed by atoms with Crippen molar-refractivity contribution in [1.82, 2.24) is 34.6 Å².